The normalized spacial score (nSPS) is 12.6. The molecule has 1 aromatic heterocycles. The number of nitrogens with zero attached hydrogens (tertiary/aromatic N) is 1. The maximum Gasteiger partial charge on any atom is 0.584 e. The molecule has 9 heteroatoms. The lowest BCUT2D eigenvalue weighted by atomic mass is 10.1. The highest BCUT2D eigenvalue weighted by molar-refractivity contribution is 7.48. The van der Waals surface area contributed by atoms with Gasteiger partial charge in [0.05, 0.1) is 17.0 Å². The van der Waals surface area contributed by atoms with Gasteiger partial charge in [0.25, 0.3) is 0 Å². The first-order valence-corrected chi connectivity index (χ1v) is 17.7. The van der Waals surface area contributed by atoms with Crippen molar-refractivity contribution in [2.24, 2.45) is 0 Å². The van der Waals surface area contributed by atoms with Crippen molar-refractivity contribution >= 4 is 24.9 Å². The van der Waals surface area contributed by atoms with Gasteiger partial charge in [0.15, 0.2) is 18.5 Å². The Hall–Kier alpha value is -2.67. The first-order chi connectivity index (χ1) is 20.3. The van der Waals surface area contributed by atoms with Crippen LogP contribution in [0.15, 0.2) is 54.2 Å². The molecule has 7 nitrogen and oxygen atoms in total. The van der Waals surface area contributed by atoms with Gasteiger partial charge in [-0.25, -0.2) is 4.57 Å². The summed E-state index contributed by atoms with van der Waals surface area (Å²) in [5.74, 6) is 0.410. The molecule has 0 aliphatic carbocycles. The van der Waals surface area contributed by atoms with Gasteiger partial charge in [-0.05, 0) is 50.6 Å². The Balaban J connectivity index is 1.43. The predicted molar refractivity (Wildman–Crippen MR) is 169 cm³/mol. The van der Waals surface area contributed by atoms with Gasteiger partial charge in [-0.3, -0.25) is 9.69 Å². The summed E-state index contributed by atoms with van der Waals surface area (Å²) in [7, 11) is -4.57. The van der Waals surface area contributed by atoms with Crippen LogP contribution in [-0.2, 0) is 11.1 Å². The van der Waals surface area contributed by atoms with Crippen LogP contribution in [0.3, 0.4) is 0 Å². The first-order valence-electron chi connectivity index (χ1n) is 15.3. The van der Waals surface area contributed by atoms with Crippen molar-refractivity contribution in [2.45, 2.75) is 104 Å². The van der Waals surface area contributed by atoms with E-state index in [1.165, 1.54) is 82.1 Å². The van der Waals surface area contributed by atoms with E-state index in [9.17, 15) is 14.3 Å². The number of unbranched alkanes of at least 4 members (excludes halogenated alkanes) is 11. The summed E-state index contributed by atoms with van der Waals surface area (Å²) < 4.78 is 31.4. The molecule has 1 heterocycles. The van der Waals surface area contributed by atoms with E-state index in [4.69, 9.17) is 13.8 Å². The monoisotopic (exact) mass is 616 g/mol. The number of hydrogen-bond donors (Lipinski definition) is 1. The van der Waals surface area contributed by atoms with Crippen LogP contribution in [0.1, 0.15) is 112 Å². The van der Waals surface area contributed by atoms with E-state index in [2.05, 4.69) is 6.92 Å². The second-order valence-corrected chi connectivity index (χ2v) is 13.3. The zero-order valence-corrected chi connectivity index (χ0v) is 27.1. The molecule has 0 fully saturated rings. The standard InChI is InChI=1S/C33H46NO6PS/c1-4-5-6-7-8-9-10-11-12-13-14-15-21-38-30-19-20-33(32(23-30)28(3)35)40-41(36,37)39-31-18-16-17-29(22-31)25-34-24-27(2)42-26-34/h16-20,22-24,26H,4-15,21,25H2,1-3H3/p+1. The van der Waals surface area contributed by atoms with E-state index in [1.54, 1.807) is 41.7 Å². The Morgan fingerprint density at radius 3 is 2.17 bits per heavy atom. The van der Waals surface area contributed by atoms with Crippen LogP contribution in [0.4, 0.5) is 0 Å². The van der Waals surface area contributed by atoms with E-state index >= 15 is 0 Å². The molecule has 42 heavy (non-hydrogen) atoms. The van der Waals surface area contributed by atoms with Crippen molar-refractivity contribution in [2.75, 3.05) is 6.61 Å². The summed E-state index contributed by atoms with van der Waals surface area (Å²) in [4.78, 5) is 24.0. The number of carbonyl (C=O) groups excluding carboxylic acids is 1. The van der Waals surface area contributed by atoms with Gasteiger partial charge < -0.3 is 13.8 Å². The summed E-state index contributed by atoms with van der Waals surface area (Å²) in [5, 5.41) is 0. The minimum absolute atomic E-state index is 0.0218. The number of benzene rings is 2. The van der Waals surface area contributed by atoms with Crippen molar-refractivity contribution < 1.29 is 32.6 Å². The van der Waals surface area contributed by atoms with E-state index in [0.29, 0.717) is 18.9 Å². The highest BCUT2D eigenvalue weighted by Gasteiger charge is 2.28. The van der Waals surface area contributed by atoms with E-state index in [1.807, 2.05) is 29.3 Å². The van der Waals surface area contributed by atoms with Crippen molar-refractivity contribution in [3.63, 3.8) is 0 Å². The fourth-order valence-corrected chi connectivity index (χ4v) is 6.26. The smallest absolute Gasteiger partial charge is 0.494 e. The molecule has 1 atom stereocenters. The van der Waals surface area contributed by atoms with Crippen LogP contribution in [0.5, 0.6) is 17.2 Å². The summed E-state index contributed by atoms with van der Waals surface area (Å²) in [6.45, 7) is 6.83. The number of hydrogen-bond acceptors (Lipinski definition) is 6. The molecule has 0 aliphatic heterocycles. The van der Waals surface area contributed by atoms with Gasteiger partial charge >= 0.3 is 7.82 Å². The maximum absolute atomic E-state index is 12.9. The minimum atomic E-state index is -4.57. The number of rotatable bonds is 21. The molecule has 0 radical (unpaired) electrons. The predicted octanol–water partition coefficient (Wildman–Crippen LogP) is 9.23. The minimum Gasteiger partial charge on any atom is -0.494 e. The highest BCUT2D eigenvalue weighted by Crippen LogP contribution is 2.46. The number of thiazole rings is 1. The second-order valence-electron chi connectivity index (χ2n) is 10.9. The fraction of sp³-hybridized carbons (Fsp3) is 0.515. The zero-order valence-electron chi connectivity index (χ0n) is 25.4. The maximum atomic E-state index is 12.9. The van der Waals surface area contributed by atoms with E-state index in [-0.39, 0.29) is 22.8 Å². The third kappa shape index (κ3) is 12.7. The molecule has 2 aromatic carbocycles. The van der Waals surface area contributed by atoms with Crippen molar-refractivity contribution in [3.05, 3.63) is 70.2 Å². The molecule has 0 bridgehead atoms. The number of ketones is 1. The Morgan fingerprint density at radius 2 is 1.55 bits per heavy atom. The molecular weight excluding hydrogens is 569 g/mol. The Labute approximate surface area is 255 Å². The number of aromatic nitrogens is 1. The summed E-state index contributed by atoms with van der Waals surface area (Å²) in [6, 6.07) is 11.6. The molecule has 1 unspecified atom stereocenters. The van der Waals surface area contributed by atoms with Crippen LogP contribution in [-0.4, -0.2) is 17.3 Å². The molecule has 3 rings (SSSR count). The highest BCUT2D eigenvalue weighted by atomic mass is 32.1. The molecule has 230 valence electrons. The first kappa shape index (κ1) is 33.8. The van der Waals surface area contributed by atoms with Crippen LogP contribution >= 0.6 is 19.2 Å². The van der Waals surface area contributed by atoms with Crippen LogP contribution in [0.25, 0.3) is 0 Å². The van der Waals surface area contributed by atoms with Crippen LogP contribution < -0.4 is 18.4 Å². The lowest BCUT2D eigenvalue weighted by Gasteiger charge is -2.16. The SMILES string of the molecule is CCCCCCCCCCCCCCOc1ccc(OP(=O)(O)Oc2cccc(C[n+]3csc(C)c3)c2)c(C(C)=O)c1. The van der Waals surface area contributed by atoms with Crippen molar-refractivity contribution in [3.8, 4) is 17.2 Å². The fourth-order valence-electron chi connectivity index (χ4n) is 4.80. The number of carbonyl (C=O) groups is 1. The Morgan fingerprint density at radius 1 is 0.881 bits per heavy atom. The zero-order chi connectivity index (χ0) is 30.2. The summed E-state index contributed by atoms with van der Waals surface area (Å²) in [6.07, 6.45) is 17.3. The van der Waals surface area contributed by atoms with E-state index in [0.717, 1.165) is 18.4 Å². The molecule has 0 aliphatic rings. The number of aryl methyl sites for hydroxylation is 1. The summed E-state index contributed by atoms with van der Waals surface area (Å²) >= 11 is 1.65. The van der Waals surface area contributed by atoms with Crippen molar-refractivity contribution in [1.82, 2.24) is 0 Å². The lowest BCUT2D eigenvalue weighted by Crippen LogP contribution is -2.30. The van der Waals surface area contributed by atoms with E-state index < -0.39 is 7.82 Å². The Bertz CT molecular complexity index is 1290. The van der Waals surface area contributed by atoms with Crippen LogP contribution in [0, 0.1) is 6.92 Å². The number of phosphoric acid groups is 1. The molecule has 0 saturated heterocycles. The molecule has 0 spiro atoms. The third-order valence-corrected chi connectivity index (χ3v) is 8.74. The average Bonchev–Trinajstić information content (AvgIpc) is 3.35. The molecule has 0 amide bonds. The molecule has 0 saturated carbocycles. The van der Waals surface area contributed by atoms with Crippen molar-refractivity contribution in [1.29, 1.82) is 0 Å². The second kappa shape index (κ2) is 18.1. The van der Waals surface area contributed by atoms with Gasteiger partial charge in [0.1, 0.15) is 17.2 Å². The van der Waals surface area contributed by atoms with Gasteiger partial charge in [-0.1, -0.05) is 101 Å². The molecule has 1 N–H and O–H groups in total. The lowest BCUT2D eigenvalue weighted by molar-refractivity contribution is -0.683. The molecule has 3 aromatic rings. The quantitative estimate of drug-likeness (QED) is 0.0556. The number of ether oxygens (including phenoxy) is 1. The molecular formula is C33H47NO6PS+. The van der Waals surface area contributed by atoms with Gasteiger partial charge in [0, 0.05) is 5.56 Å². The summed E-state index contributed by atoms with van der Waals surface area (Å²) in [5.41, 5.74) is 3.09. The number of phosphoric ester groups is 1. The number of Topliss-reactive ketones (excluding diaryl/α,β-unsaturated/α-hetero) is 1. The van der Waals surface area contributed by atoms with Gasteiger partial charge in [0.2, 0.25) is 5.51 Å². The topological polar surface area (TPSA) is 85.9 Å². The van der Waals surface area contributed by atoms with Gasteiger partial charge in [-0.15, -0.1) is 0 Å². The third-order valence-electron chi connectivity index (χ3n) is 7.02. The van der Waals surface area contributed by atoms with Crippen LogP contribution in [0.2, 0.25) is 0 Å². The average molecular weight is 617 g/mol. The van der Waals surface area contributed by atoms with Gasteiger partial charge in [-0.2, -0.15) is 4.57 Å². The Kier molecular flexibility index (Phi) is 14.6. The largest absolute Gasteiger partial charge is 0.584 e.